The lowest BCUT2D eigenvalue weighted by atomic mass is 10.1. The van der Waals surface area contributed by atoms with Gasteiger partial charge in [-0.2, -0.15) is 4.68 Å². The molecule has 0 bridgehead atoms. The highest BCUT2D eigenvalue weighted by Gasteiger charge is 2.21. The highest BCUT2D eigenvalue weighted by atomic mass is 79.9. The molecule has 0 radical (unpaired) electrons. The van der Waals surface area contributed by atoms with E-state index in [2.05, 4.69) is 21.0 Å². The highest BCUT2D eigenvalue weighted by molar-refractivity contribution is 9.10. The second kappa shape index (κ2) is 6.04. The molecule has 0 aliphatic carbocycles. The Morgan fingerprint density at radius 1 is 1.52 bits per heavy atom. The van der Waals surface area contributed by atoms with Crippen molar-refractivity contribution in [2.75, 3.05) is 7.11 Å². The average Bonchev–Trinajstić information content (AvgIpc) is 2.79. The molecule has 7 nitrogen and oxygen atoms in total. The number of rotatable bonds is 5. The van der Waals surface area contributed by atoms with Crippen molar-refractivity contribution in [2.45, 2.75) is 13.5 Å². The summed E-state index contributed by atoms with van der Waals surface area (Å²) in [5.41, 5.74) is 1.35. The van der Waals surface area contributed by atoms with Crippen LogP contribution in [0.3, 0.4) is 0 Å². The summed E-state index contributed by atoms with van der Waals surface area (Å²) in [6.07, 6.45) is 1.40. The van der Waals surface area contributed by atoms with Crippen LogP contribution >= 0.6 is 15.9 Å². The van der Waals surface area contributed by atoms with E-state index < -0.39 is 4.92 Å². The maximum atomic E-state index is 12.3. The van der Waals surface area contributed by atoms with E-state index in [4.69, 9.17) is 4.74 Å². The molecule has 2 rings (SSSR count). The van der Waals surface area contributed by atoms with Crippen molar-refractivity contribution in [1.82, 2.24) is 9.78 Å². The SMILES string of the molecule is COc1ccc(C)cc1C(=O)Cn1cc(Br)c([N+](=O)[O-])n1. The molecule has 110 valence electrons. The molecule has 21 heavy (non-hydrogen) atoms. The van der Waals surface area contributed by atoms with E-state index in [9.17, 15) is 14.9 Å². The zero-order valence-electron chi connectivity index (χ0n) is 11.4. The van der Waals surface area contributed by atoms with Gasteiger partial charge in [-0.15, -0.1) is 0 Å². The predicted octanol–water partition coefficient (Wildman–Crippen LogP) is 2.75. The minimum Gasteiger partial charge on any atom is -0.496 e. The van der Waals surface area contributed by atoms with Gasteiger partial charge < -0.3 is 14.9 Å². The van der Waals surface area contributed by atoms with Crippen molar-refractivity contribution in [3.05, 3.63) is 50.1 Å². The van der Waals surface area contributed by atoms with Crippen molar-refractivity contribution in [3.63, 3.8) is 0 Å². The Balaban J connectivity index is 2.28. The number of ether oxygens (including phenoxy) is 1. The van der Waals surface area contributed by atoms with Gasteiger partial charge in [0.15, 0.2) is 5.78 Å². The first-order valence-electron chi connectivity index (χ1n) is 5.97. The van der Waals surface area contributed by atoms with Gasteiger partial charge in [0.25, 0.3) is 0 Å². The van der Waals surface area contributed by atoms with E-state index in [0.717, 1.165) is 5.56 Å². The van der Waals surface area contributed by atoms with E-state index in [0.29, 0.717) is 11.3 Å². The minimum atomic E-state index is -0.613. The van der Waals surface area contributed by atoms with E-state index >= 15 is 0 Å². The van der Waals surface area contributed by atoms with Crippen LogP contribution in [-0.4, -0.2) is 27.6 Å². The molecule has 0 unspecified atom stereocenters. The van der Waals surface area contributed by atoms with Crippen LogP contribution in [0.1, 0.15) is 15.9 Å². The van der Waals surface area contributed by atoms with Crippen LogP contribution in [0.25, 0.3) is 0 Å². The topological polar surface area (TPSA) is 87.3 Å². The molecule has 2 aromatic rings. The van der Waals surface area contributed by atoms with Crippen LogP contribution in [0.2, 0.25) is 0 Å². The molecule has 0 fully saturated rings. The van der Waals surface area contributed by atoms with Crippen molar-refractivity contribution >= 4 is 27.5 Å². The average molecular weight is 354 g/mol. The molecule has 0 saturated heterocycles. The maximum absolute atomic E-state index is 12.3. The summed E-state index contributed by atoms with van der Waals surface area (Å²) >= 11 is 3.04. The number of hydrogen-bond acceptors (Lipinski definition) is 5. The fraction of sp³-hybridized carbons (Fsp3) is 0.231. The van der Waals surface area contributed by atoms with Gasteiger partial charge in [0.2, 0.25) is 0 Å². The summed E-state index contributed by atoms with van der Waals surface area (Å²) in [6.45, 7) is 1.76. The molecule has 0 aliphatic rings. The Hall–Kier alpha value is -2.22. The van der Waals surface area contributed by atoms with Crippen LogP contribution in [0.15, 0.2) is 28.9 Å². The van der Waals surface area contributed by atoms with Crippen LogP contribution in [0.4, 0.5) is 5.82 Å². The van der Waals surface area contributed by atoms with E-state index in [1.807, 2.05) is 13.0 Å². The molecule has 1 aromatic heterocycles. The van der Waals surface area contributed by atoms with Gasteiger partial charge in [-0.1, -0.05) is 11.6 Å². The van der Waals surface area contributed by atoms with Gasteiger partial charge in [-0.05, 0) is 39.9 Å². The molecular weight excluding hydrogens is 342 g/mol. The lowest BCUT2D eigenvalue weighted by Gasteiger charge is -2.07. The normalized spacial score (nSPS) is 10.4. The van der Waals surface area contributed by atoms with Crippen LogP contribution in [0.5, 0.6) is 5.75 Å². The number of Topliss-reactive ketones (excluding diaryl/α,β-unsaturated/α-hetero) is 1. The Kier molecular flexibility index (Phi) is 4.37. The molecule has 0 spiro atoms. The van der Waals surface area contributed by atoms with E-state index in [1.54, 1.807) is 12.1 Å². The number of benzene rings is 1. The minimum absolute atomic E-state index is 0.105. The number of ketones is 1. The summed E-state index contributed by atoms with van der Waals surface area (Å²) in [5.74, 6) is -0.0919. The second-order valence-electron chi connectivity index (χ2n) is 4.38. The first kappa shape index (κ1) is 15.2. The molecular formula is C13H12BrN3O4. The van der Waals surface area contributed by atoms with Crippen LogP contribution < -0.4 is 4.74 Å². The van der Waals surface area contributed by atoms with Gasteiger partial charge in [-0.25, -0.2) is 0 Å². The first-order chi connectivity index (χ1) is 9.92. The standard InChI is InChI=1S/C13H12BrN3O4/c1-8-3-4-12(21-2)9(5-8)11(18)7-16-6-10(14)13(15-16)17(19)20/h3-6H,7H2,1-2H3. The molecule has 1 aromatic carbocycles. The first-order valence-corrected chi connectivity index (χ1v) is 6.77. The van der Waals surface area contributed by atoms with Gasteiger partial charge in [0.05, 0.1) is 24.0 Å². The highest BCUT2D eigenvalue weighted by Crippen LogP contribution is 2.24. The zero-order chi connectivity index (χ0) is 15.6. The third kappa shape index (κ3) is 3.27. The summed E-state index contributed by atoms with van der Waals surface area (Å²) in [7, 11) is 1.48. The largest absolute Gasteiger partial charge is 0.496 e. The summed E-state index contributed by atoms with van der Waals surface area (Å²) < 4.78 is 6.62. The van der Waals surface area contributed by atoms with Crippen LogP contribution in [-0.2, 0) is 6.54 Å². The number of aromatic nitrogens is 2. The smallest absolute Gasteiger partial charge is 0.404 e. The molecule has 0 saturated carbocycles. The number of nitro groups is 1. The zero-order valence-corrected chi connectivity index (χ0v) is 13.0. The molecule has 0 aliphatic heterocycles. The number of methoxy groups -OCH3 is 1. The van der Waals surface area contributed by atoms with Gasteiger partial charge in [0.1, 0.15) is 16.8 Å². The molecule has 1 heterocycles. The molecule has 0 N–H and O–H groups in total. The Labute approximate surface area is 128 Å². The Bertz CT molecular complexity index is 711. The molecule has 8 heteroatoms. The fourth-order valence-corrected chi connectivity index (χ4v) is 2.32. The number of carbonyl (C=O) groups is 1. The second-order valence-corrected chi connectivity index (χ2v) is 5.24. The van der Waals surface area contributed by atoms with Gasteiger partial charge in [-0.3, -0.25) is 4.79 Å². The number of halogens is 1. The number of aryl methyl sites for hydroxylation is 1. The lowest BCUT2D eigenvalue weighted by Crippen LogP contribution is -2.12. The number of hydrogen-bond donors (Lipinski definition) is 0. The van der Waals surface area contributed by atoms with Crippen molar-refractivity contribution in [1.29, 1.82) is 0 Å². The summed E-state index contributed by atoms with van der Waals surface area (Å²) in [4.78, 5) is 22.4. The lowest BCUT2D eigenvalue weighted by molar-refractivity contribution is -0.390. The number of nitrogens with zero attached hydrogens (tertiary/aromatic N) is 3. The monoisotopic (exact) mass is 353 g/mol. The number of carbonyl (C=O) groups excluding carboxylic acids is 1. The van der Waals surface area contributed by atoms with Crippen molar-refractivity contribution in [3.8, 4) is 5.75 Å². The predicted molar refractivity (Wildman–Crippen MR) is 78.6 cm³/mol. The van der Waals surface area contributed by atoms with Crippen molar-refractivity contribution < 1.29 is 14.5 Å². The van der Waals surface area contributed by atoms with E-state index in [1.165, 1.54) is 18.0 Å². The third-order valence-electron chi connectivity index (χ3n) is 2.83. The van der Waals surface area contributed by atoms with Gasteiger partial charge in [0, 0.05) is 0 Å². The maximum Gasteiger partial charge on any atom is 0.404 e. The molecule has 0 amide bonds. The third-order valence-corrected chi connectivity index (χ3v) is 3.39. The fourth-order valence-electron chi connectivity index (χ4n) is 1.86. The Morgan fingerprint density at radius 3 is 2.81 bits per heavy atom. The van der Waals surface area contributed by atoms with Crippen molar-refractivity contribution in [2.24, 2.45) is 0 Å². The van der Waals surface area contributed by atoms with Crippen LogP contribution in [0, 0.1) is 17.0 Å². The summed E-state index contributed by atoms with van der Waals surface area (Å²) in [5, 5.41) is 14.5. The molecule has 0 atom stereocenters. The van der Waals surface area contributed by atoms with Gasteiger partial charge >= 0.3 is 5.82 Å². The van der Waals surface area contributed by atoms with E-state index in [-0.39, 0.29) is 22.6 Å². The Morgan fingerprint density at radius 2 is 2.24 bits per heavy atom. The quantitative estimate of drug-likeness (QED) is 0.468. The summed E-state index contributed by atoms with van der Waals surface area (Å²) in [6, 6.07) is 5.27.